The molecule has 0 atom stereocenters. The van der Waals surface area contributed by atoms with Crippen molar-refractivity contribution in [3.05, 3.63) is 70.3 Å². The number of pyridine rings is 1. The van der Waals surface area contributed by atoms with Gasteiger partial charge in [0.1, 0.15) is 5.75 Å². The average molecular weight is 412 g/mol. The van der Waals surface area contributed by atoms with Crippen LogP contribution in [-0.2, 0) is 4.74 Å². The summed E-state index contributed by atoms with van der Waals surface area (Å²) in [6, 6.07) is 15.9. The Kier molecular flexibility index (Phi) is 5.40. The quantitative estimate of drug-likeness (QED) is 0.260. The molecule has 0 saturated heterocycles. The molecule has 142 valence electrons. The number of benzene rings is 3. The van der Waals surface area contributed by atoms with Gasteiger partial charge in [0.15, 0.2) is 6.79 Å². The third kappa shape index (κ3) is 3.42. The molecule has 0 aliphatic rings. The van der Waals surface area contributed by atoms with Gasteiger partial charge < -0.3 is 9.47 Å². The minimum Gasteiger partial charge on any atom is -0.467 e. The molecule has 0 radical (unpaired) electrons. The molecule has 4 aromatic rings. The summed E-state index contributed by atoms with van der Waals surface area (Å²) in [6.45, 7) is 4.75. The number of hydrogen-bond acceptors (Lipinski definition) is 3. The zero-order valence-electron chi connectivity index (χ0n) is 15.6. The number of ether oxygens (including phenoxy) is 2. The van der Waals surface area contributed by atoms with Crippen LogP contribution in [0.25, 0.3) is 32.8 Å². The van der Waals surface area contributed by atoms with Gasteiger partial charge in [0.2, 0.25) is 0 Å². The van der Waals surface area contributed by atoms with E-state index in [4.69, 9.17) is 32.7 Å². The summed E-state index contributed by atoms with van der Waals surface area (Å²) in [5.74, 6) is 0.748. The first-order valence-electron chi connectivity index (χ1n) is 9.07. The number of aromatic nitrogens is 1. The van der Waals surface area contributed by atoms with E-state index in [1.807, 2.05) is 31.2 Å². The topological polar surface area (TPSA) is 31.4 Å². The van der Waals surface area contributed by atoms with Crippen molar-refractivity contribution in [2.45, 2.75) is 13.8 Å². The molecule has 3 aromatic carbocycles. The van der Waals surface area contributed by atoms with Crippen molar-refractivity contribution < 1.29 is 9.47 Å². The second-order valence-corrected chi connectivity index (χ2v) is 7.34. The number of hydrogen-bond donors (Lipinski definition) is 0. The van der Waals surface area contributed by atoms with Crippen LogP contribution in [0.15, 0.2) is 54.7 Å². The smallest absolute Gasteiger partial charge is 0.189 e. The van der Waals surface area contributed by atoms with Gasteiger partial charge in [0.05, 0.1) is 10.7 Å². The molecule has 1 aromatic heterocycles. The van der Waals surface area contributed by atoms with E-state index in [1.54, 1.807) is 12.3 Å². The Bertz CT molecular complexity index is 1170. The summed E-state index contributed by atoms with van der Waals surface area (Å²) in [6.07, 6.45) is 1.77. The first-order chi connectivity index (χ1) is 13.6. The standard InChI is InChI=1S/C23H19Cl2NO2/c1-3-27-13-28-23-14(2)18-7-5-4-6-15(18)11-19(23)22-21-16(8-9-26-22)10-17(24)12-20(21)25/h4-12H,3,13H2,1-2H3. The number of nitrogens with zero attached hydrogens (tertiary/aromatic N) is 1. The molecule has 0 N–H and O–H groups in total. The van der Waals surface area contributed by atoms with Crippen molar-refractivity contribution in [3.8, 4) is 17.0 Å². The van der Waals surface area contributed by atoms with Gasteiger partial charge in [-0.1, -0.05) is 47.5 Å². The Morgan fingerprint density at radius 2 is 1.82 bits per heavy atom. The molecule has 0 amide bonds. The maximum atomic E-state index is 6.56. The zero-order valence-corrected chi connectivity index (χ0v) is 17.1. The van der Waals surface area contributed by atoms with E-state index >= 15 is 0 Å². The predicted octanol–water partition coefficient (Wildman–Crippen LogP) is 7.04. The fraction of sp³-hybridized carbons (Fsp3) is 0.174. The summed E-state index contributed by atoms with van der Waals surface area (Å²) in [7, 11) is 0. The number of fused-ring (bicyclic) bond motifs is 2. The van der Waals surface area contributed by atoms with Crippen molar-refractivity contribution in [1.29, 1.82) is 0 Å². The molecule has 3 nitrogen and oxygen atoms in total. The normalized spacial score (nSPS) is 11.3. The molecule has 0 spiro atoms. The summed E-state index contributed by atoms with van der Waals surface area (Å²) in [5, 5.41) is 5.19. The van der Waals surface area contributed by atoms with E-state index in [1.165, 1.54) is 0 Å². The Morgan fingerprint density at radius 3 is 2.64 bits per heavy atom. The molecule has 0 unspecified atom stereocenters. The van der Waals surface area contributed by atoms with Crippen molar-refractivity contribution in [3.63, 3.8) is 0 Å². The first kappa shape index (κ1) is 19.0. The Hall–Kier alpha value is -2.33. The van der Waals surface area contributed by atoms with E-state index in [2.05, 4.69) is 30.1 Å². The van der Waals surface area contributed by atoms with Gasteiger partial charge in [0.25, 0.3) is 0 Å². The fourth-order valence-corrected chi connectivity index (χ4v) is 4.09. The van der Waals surface area contributed by atoms with Crippen LogP contribution in [0.2, 0.25) is 10.0 Å². The van der Waals surface area contributed by atoms with Gasteiger partial charge in [0, 0.05) is 28.8 Å². The minimum atomic E-state index is 0.174. The third-order valence-electron chi connectivity index (χ3n) is 4.78. The van der Waals surface area contributed by atoms with Gasteiger partial charge >= 0.3 is 0 Å². The molecule has 0 bridgehead atoms. The molecule has 1 heterocycles. The SMILES string of the molecule is CCOCOc1c(-c2nccc3cc(Cl)cc(Cl)c23)cc2ccccc2c1C. The van der Waals surface area contributed by atoms with Crippen LogP contribution in [0.4, 0.5) is 0 Å². The lowest BCUT2D eigenvalue weighted by atomic mass is 9.96. The Labute approximate surface area is 173 Å². The number of aryl methyl sites for hydroxylation is 1. The van der Waals surface area contributed by atoms with E-state index < -0.39 is 0 Å². The summed E-state index contributed by atoms with van der Waals surface area (Å²) >= 11 is 12.8. The highest BCUT2D eigenvalue weighted by molar-refractivity contribution is 6.39. The van der Waals surface area contributed by atoms with E-state index in [9.17, 15) is 0 Å². The predicted molar refractivity (Wildman–Crippen MR) is 117 cm³/mol. The van der Waals surface area contributed by atoms with Crippen LogP contribution in [0.3, 0.4) is 0 Å². The highest BCUT2D eigenvalue weighted by Crippen LogP contribution is 2.42. The van der Waals surface area contributed by atoms with Crippen molar-refractivity contribution in [2.24, 2.45) is 0 Å². The molecule has 0 aliphatic carbocycles. The lowest BCUT2D eigenvalue weighted by molar-refractivity contribution is 0.0224. The van der Waals surface area contributed by atoms with Crippen LogP contribution in [0.5, 0.6) is 5.75 Å². The number of rotatable bonds is 5. The number of halogens is 2. The van der Waals surface area contributed by atoms with E-state index in [0.717, 1.165) is 44.1 Å². The minimum absolute atomic E-state index is 0.174. The molecule has 28 heavy (non-hydrogen) atoms. The molecule has 5 heteroatoms. The maximum Gasteiger partial charge on any atom is 0.189 e. The lowest BCUT2D eigenvalue weighted by Crippen LogP contribution is -2.05. The molecular formula is C23H19Cl2NO2. The maximum absolute atomic E-state index is 6.56. The fourth-order valence-electron chi connectivity index (χ4n) is 3.49. The first-order valence-corrected chi connectivity index (χ1v) is 9.82. The van der Waals surface area contributed by atoms with Crippen molar-refractivity contribution in [1.82, 2.24) is 4.98 Å². The lowest BCUT2D eigenvalue weighted by Gasteiger charge is -2.18. The second-order valence-electron chi connectivity index (χ2n) is 6.50. The van der Waals surface area contributed by atoms with Crippen LogP contribution in [0.1, 0.15) is 12.5 Å². The van der Waals surface area contributed by atoms with E-state index in [-0.39, 0.29) is 6.79 Å². The monoisotopic (exact) mass is 411 g/mol. The van der Waals surface area contributed by atoms with Crippen LogP contribution in [0, 0.1) is 6.92 Å². The average Bonchev–Trinajstić information content (AvgIpc) is 2.69. The second kappa shape index (κ2) is 7.96. The van der Waals surface area contributed by atoms with Gasteiger partial charge in [-0.3, -0.25) is 4.98 Å². The highest BCUT2D eigenvalue weighted by Gasteiger charge is 2.18. The van der Waals surface area contributed by atoms with Gasteiger partial charge in [-0.05, 0) is 59.8 Å². The molecule has 0 fully saturated rings. The van der Waals surface area contributed by atoms with E-state index in [0.29, 0.717) is 16.7 Å². The van der Waals surface area contributed by atoms with Crippen LogP contribution >= 0.6 is 23.2 Å². The van der Waals surface area contributed by atoms with Crippen molar-refractivity contribution in [2.75, 3.05) is 13.4 Å². The Balaban J connectivity index is 2.02. The summed E-state index contributed by atoms with van der Waals surface area (Å²) in [5.41, 5.74) is 2.68. The Morgan fingerprint density at radius 1 is 1.00 bits per heavy atom. The molecule has 4 rings (SSSR count). The molecule has 0 saturated carbocycles. The van der Waals surface area contributed by atoms with Gasteiger partial charge in [-0.2, -0.15) is 0 Å². The largest absolute Gasteiger partial charge is 0.467 e. The van der Waals surface area contributed by atoms with Crippen molar-refractivity contribution >= 4 is 44.7 Å². The van der Waals surface area contributed by atoms with Crippen LogP contribution < -0.4 is 4.74 Å². The zero-order chi connectivity index (χ0) is 19.7. The summed E-state index contributed by atoms with van der Waals surface area (Å²) < 4.78 is 11.5. The molecular weight excluding hydrogens is 393 g/mol. The molecule has 0 aliphatic heterocycles. The van der Waals surface area contributed by atoms with Crippen LogP contribution in [-0.4, -0.2) is 18.4 Å². The summed E-state index contributed by atoms with van der Waals surface area (Å²) in [4.78, 5) is 4.66. The third-order valence-corrected chi connectivity index (χ3v) is 5.29. The highest BCUT2D eigenvalue weighted by atomic mass is 35.5. The van der Waals surface area contributed by atoms with Gasteiger partial charge in [-0.25, -0.2) is 0 Å². The van der Waals surface area contributed by atoms with Gasteiger partial charge in [-0.15, -0.1) is 0 Å².